The number of benzene rings is 2. The third-order valence-electron chi connectivity index (χ3n) is 4.16. The lowest BCUT2D eigenvalue weighted by Crippen LogP contribution is -2.14. The Morgan fingerprint density at radius 1 is 1.00 bits per heavy atom. The summed E-state index contributed by atoms with van der Waals surface area (Å²) in [5.41, 5.74) is 4.74. The second-order valence-electron chi connectivity index (χ2n) is 7.16. The number of anilines is 1. The largest absolute Gasteiger partial charge is 0.321 e. The van der Waals surface area contributed by atoms with Gasteiger partial charge in [-0.3, -0.25) is 9.78 Å². The van der Waals surface area contributed by atoms with Crippen molar-refractivity contribution in [1.29, 1.82) is 0 Å². The molecule has 0 saturated carbocycles. The SMILES string of the molecule is Cc1ccc2nccc(NC(=O)c3ccc(C(C)(C)C)cc3)c2c1. The van der Waals surface area contributed by atoms with Gasteiger partial charge in [-0.05, 0) is 48.2 Å². The highest BCUT2D eigenvalue weighted by molar-refractivity contribution is 6.08. The fourth-order valence-corrected chi connectivity index (χ4v) is 2.69. The van der Waals surface area contributed by atoms with Crippen LogP contribution >= 0.6 is 0 Å². The van der Waals surface area contributed by atoms with Gasteiger partial charge in [0.2, 0.25) is 0 Å². The lowest BCUT2D eigenvalue weighted by molar-refractivity contribution is 0.102. The third-order valence-corrected chi connectivity index (χ3v) is 4.16. The average molecular weight is 318 g/mol. The molecule has 3 heteroatoms. The van der Waals surface area contributed by atoms with Crippen LogP contribution in [0, 0.1) is 6.92 Å². The van der Waals surface area contributed by atoms with E-state index in [4.69, 9.17) is 0 Å². The number of hydrogen-bond acceptors (Lipinski definition) is 2. The van der Waals surface area contributed by atoms with E-state index in [1.54, 1.807) is 6.20 Å². The van der Waals surface area contributed by atoms with Crippen LogP contribution in [0.15, 0.2) is 54.7 Å². The smallest absolute Gasteiger partial charge is 0.255 e. The molecule has 0 atom stereocenters. The lowest BCUT2D eigenvalue weighted by Gasteiger charge is -2.19. The van der Waals surface area contributed by atoms with Crippen molar-refractivity contribution in [2.75, 3.05) is 5.32 Å². The van der Waals surface area contributed by atoms with E-state index in [0.717, 1.165) is 22.2 Å². The molecule has 3 aromatic rings. The van der Waals surface area contributed by atoms with Crippen LogP contribution in [0.2, 0.25) is 0 Å². The van der Waals surface area contributed by atoms with E-state index in [2.05, 4.69) is 31.1 Å². The molecule has 1 amide bonds. The van der Waals surface area contributed by atoms with E-state index >= 15 is 0 Å². The number of amides is 1. The molecular weight excluding hydrogens is 296 g/mol. The molecule has 0 aliphatic rings. The number of fused-ring (bicyclic) bond motifs is 1. The molecule has 0 radical (unpaired) electrons. The van der Waals surface area contributed by atoms with Gasteiger partial charge in [-0.1, -0.05) is 44.5 Å². The number of carbonyl (C=O) groups excluding carboxylic acids is 1. The summed E-state index contributed by atoms with van der Waals surface area (Å²) in [5, 5.41) is 3.96. The van der Waals surface area contributed by atoms with Gasteiger partial charge in [0.1, 0.15) is 0 Å². The van der Waals surface area contributed by atoms with Gasteiger partial charge in [0, 0.05) is 17.1 Å². The van der Waals surface area contributed by atoms with Crippen LogP contribution in [0.5, 0.6) is 0 Å². The van der Waals surface area contributed by atoms with E-state index in [-0.39, 0.29) is 11.3 Å². The first-order valence-electron chi connectivity index (χ1n) is 8.12. The molecule has 1 N–H and O–H groups in total. The summed E-state index contributed by atoms with van der Waals surface area (Å²) in [7, 11) is 0. The Kier molecular flexibility index (Phi) is 4.10. The van der Waals surface area contributed by atoms with E-state index in [0.29, 0.717) is 5.56 Å². The summed E-state index contributed by atoms with van der Waals surface area (Å²) in [6, 6.07) is 15.7. The number of rotatable bonds is 2. The standard InChI is InChI=1S/C21H22N2O/c1-14-5-10-18-17(13-14)19(11-12-22-18)23-20(24)15-6-8-16(9-7-15)21(2,3)4/h5-13H,1-4H3,(H,22,23,24). The first-order valence-corrected chi connectivity index (χ1v) is 8.12. The number of hydrogen-bond donors (Lipinski definition) is 1. The molecule has 24 heavy (non-hydrogen) atoms. The Bertz CT molecular complexity index is 890. The van der Waals surface area contributed by atoms with Crippen molar-refractivity contribution in [3.63, 3.8) is 0 Å². The zero-order valence-corrected chi connectivity index (χ0v) is 14.6. The lowest BCUT2D eigenvalue weighted by atomic mass is 9.87. The van der Waals surface area contributed by atoms with Crippen molar-refractivity contribution in [3.8, 4) is 0 Å². The van der Waals surface area contributed by atoms with Crippen molar-refractivity contribution in [2.24, 2.45) is 0 Å². The summed E-state index contributed by atoms with van der Waals surface area (Å²) in [6.45, 7) is 8.51. The van der Waals surface area contributed by atoms with Crippen molar-refractivity contribution in [3.05, 3.63) is 71.4 Å². The molecule has 1 aromatic heterocycles. The van der Waals surface area contributed by atoms with Crippen LogP contribution in [-0.2, 0) is 5.41 Å². The molecule has 0 aliphatic carbocycles. The average Bonchev–Trinajstić information content (AvgIpc) is 2.54. The highest BCUT2D eigenvalue weighted by Gasteiger charge is 2.15. The first kappa shape index (κ1) is 16.2. The maximum absolute atomic E-state index is 12.6. The van der Waals surface area contributed by atoms with Crippen molar-refractivity contribution in [2.45, 2.75) is 33.1 Å². The molecule has 0 bridgehead atoms. The fourth-order valence-electron chi connectivity index (χ4n) is 2.69. The van der Waals surface area contributed by atoms with Crippen LogP contribution in [0.3, 0.4) is 0 Å². The molecule has 0 saturated heterocycles. The second-order valence-corrected chi connectivity index (χ2v) is 7.16. The molecule has 0 unspecified atom stereocenters. The molecular formula is C21H22N2O. The Hall–Kier alpha value is -2.68. The fraction of sp³-hybridized carbons (Fsp3) is 0.238. The maximum Gasteiger partial charge on any atom is 0.255 e. The summed E-state index contributed by atoms with van der Waals surface area (Å²) >= 11 is 0. The maximum atomic E-state index is 12.6. The predicted octanol–water partition coefficient (Wildman–Crippen LogP) is 5.09. The summed E-state index contributed by atoms with van der Waals surface area (Å²) in [5.74, 6) is -0.107. The van der Waals surface area contributed by atoms with Gasteiger partial charge in [-0.25, -0.2) is 0 Å². The van der Waals surface area contributed by atoms with E-state index < -0.39 is 0 Å². The highest BCUT2D eigenvalue weighted by Crippen LogP contribution is 2.25. The molecule has 122 valence electrons. The summed E-state index contributed by atoms with van der Waals surface area (Å²) in [6.07, 6.45) is 1.72. The molecule has 0 spiro atoms. The highest BCUT2D eigenvalue weighted by atomic mass is 16.1. The predicted molar refractivity (Wildman–Crippen MR) is 99.6 cm³/mol. The van der Waals surface area contributed by atoms with Gasteiger partial charge in [0.25, 0.3) is 5.91 Å². The zero-order valence-electron chi connectivity index (χ0n) is 14.6. The van der Waals surface area contributed by atoms with Crippen LogP contribution in [0.1, 0.15) is 42.3 Å². The Morgan fingerprint density at radius 2 is 1.71 bits per heavy atom. The number of aryl methyl sites for hydroxylation is 1. The van der Waals surface area contributed by atoms with Gasteiger partial charge in [0.15, 0.2) is 0 Å². The number of nitrogens with zero attached hydrogens (tertiary/aromatic N) is 1. The van der Waals surface area contributed by atoms with E-state index in [9.17, 15) is 4.79 Å². The minimum Gasteiger partial charge on any atom is -0.321 e. The van der Waals surface area contributed by atoms with Crippen LogP contribution in [0.4, 0.5) is 5.69 Å². The number of carbonyl (C=O) groups is 1. The Balaban J connectivity index is 1.89. The summed E-state index contributed by atoms with van der Waals surface area (Å²) in [4.78, 5) is 16.9. The van der Waals surface area contributed by atoms with Gasteiger partial charge in [-0.2, -0.15) is 0 Å². The molecule has 3 rings (SSSR count). The van der Waals surface area contributed by atoms with Crippen molar-refractivity contribution < 1.29 is 4.79 Å². The summed E-state index contributed by atoms with van der Waals surface area (Å²) < 4.78 is 0. The molecule has 0 aliphatic heterocycles. The second kappa shape index (κ2) is 6.08. The number of nitrogens with one attached hydrogen (secondary N) is 1. The van der Waals surface area contributed by atoms with Gasteiger partial charge < -0.3 is 5.32 Å². The van der Waals surface area contributed by atoms with Crippen molar-refractivity contribution in [1.82, 2.24) is 4.98 Å². The molecule has 2 aromatic carbocycles. The minimum atomic E-state index is -0.107. The topological polar surface area (TPSA) is 42.0 Å². The van der Waals surface area contributed by atoms with Crippen molar-refractivity contribution >= 4 is 22.5 Å². The Labute approximate surface area is 142 Å². The third kappa shape index (κ3) is 3.30. The minimum absolute atomic E-state index is 0.0772. The molecule has 1 heterocycles. The van der Waals surface area contributed by atoms with Crippen LogP contribution < -0.4 is 5.32 Å². The van der Waals surface area contributed by atoms with Crippen LogP contribution in [-0.4, -0.2) is 10.9 Å². The van der Waals surface area contributed by atoms with E-state index in [1.807, 2.05) is 55.5 Å². The monoisotopic (exact) mass is 318 g/mol. The Morgan fingerprint density at radius 3 is 2.38 bits per heavy atom. The molecule has 3 nitrogen and oxygen atoms in total. The zero-order chi connectivity index (χ0) is 17.3. The number of pyridine rings is 1. The normalized spacial score (nSPS) is 11.5. The number of aromatic nitrogens is 1. The van der Waals surface area contributed by atoms with Crippen LogP contribution in [0.25, 0.3) is 10.9 Å². The van der Waals surface area contributed by atoms with Gasteiger partial charge >= 0.3 is 0 Å². The molecule has 0 fully saturated rings. The van der Waals surface area contributed by atoms with Gasteiger partial charge in [0.05, 0.1) is 11.2 Å². The van der Waals surface area contributed by atoms with E-state index in [1.165, 1.54) is 5.56 Å². The van der Waals surface area contributed by atoms with Gasteiger partial charge in [-0.15, -0.1) is 0 Å². The first-order chi connectivity index (χ1) is 11.3. The quantitative estimate of drug-likeness (QED) is 0.715.